The van der Waals surface area contributed by atoms with Gasteiger partial charge in [0.25, 0.3) is 0 Å². The molecule has 0 aliphatic carbocycles. The molecule has 0 saturated heterocycles. The minimum Gasteiger partial charge on any atom is -0.488 e. The van der Waals surface area contributed by atoms with Gasteiger partial charge in [0.1, 0.15) is 18.0 Å². The van der Waals surface area contributed by atoms with E-state index in [1.165, 1.54) is 5.69 Å². The van der Waals surface area contributed by atoms with Crippen molar-refractivity contribution in [1.29, 1.82) is 0 Å². The number of hydrogen-bond acceptors (Lipinski definition) is 4. The summed E-state index contributed by atoms with van der Waals surface area (Å²) in [6.07, 6.45) is 3.51. The lowest BCUT2D eigenvalue weighted by Crippen LogP contribution is -2.22. The molecule has 0 spiro atoms. The zero-order chi connectivity index (χ0) is 13.8. The summed E-state index contributed by atoms with van der Waals surface area (Å²) in [5.74, 6) is 1.20. The van der Waals surface area contributed by atoms with E-state index < -0.39 is 0 Å². The van der Waals surface area contributed by atoms with Crippen molar-refractivity contribution in [2.45, 2.75) is 26.1 Å². The fourth-order valence-electron chi connectivity index (χ4n) is 1.90. The van der Waals surface area contributed by atoms with Gasteiger partial charge in [0.15, 0.2) is 6.29 Å². The Morgan fingerprint density at radius 3 is 2.63 bits per heavy atom. The van der Waals surface area contributed by atoms with Gasteiger partial charge in [-0.1, -0.05) is 13.8 Å². The number of imidazole rings is 1. The summed E-state index contributed by atoms with van der Waals surface area (Å²) in [7, 11) is 3.18. The topological polar surface area (TPSA) is 45.0 Å². The Kier molecular flexibility index (Phi) is 4.39. The predicted molar refractivity (Wildman–Crippen MR) is 72.6 cm³/mol. The van der Waals surface area contributed by atoms with Gasteiger partial charge in [-0.15, -0.1) is 0 Å². The smallest absolute Gasteiger partial charge is 0.191 e. The molecule has 2 rings (SSSR count). The minimum atomic E-state index is -0.359. The van der Waals surface area contributed by atoms with Crippen LogP contribution in [0.5, 0.6) is 5.75 Å². The fraction of sp³-hybridized carbons (Fsp3) is 0.500. The molecule has 0 aliphatic heterocycles. The van der Waals surface area contributed by atoms with Crippen LogP contribution in [0.25, 0.3) is 5.65 Å². The zero-order valence-electron chi connectivity index (χ0n) is 11.8. The second-order valence-corrected chi connectivity index (χ2v) is 4.64. The maximum atomic E-state index is 5.62. The second kappa shape index (κ2) is 6.04. The largest absolute Gasteiger partial charge is 0.488 e. The summed E-state index contributed by atoms with van der Waals surface area (Å²) >= 11 is 0. The van der Waals surface area contributed by atoms with Crippen LogP contribution in [0.2, 0.25) is 0 Å². The minimum absolute atomic E-state index is 0.348. The van der Waals surface area contributed by atoms with Crippen molar-refractivity contribution < 1.29 is 14.2 Å². The summed E-state index contributed by atoms with van der Waals surface area (Å²) < 4.78 is 17.8. The van der Waals surface area contributed by atoms with Gasteiger partial charge in [0.2, 0.25) is 0 Å². The molecule has 0 aromatic carbocycles. The molecule has 5 heteroatoms. The van der Waals surface area contributed by atoms with Crippen LogP contribution < -0.4 is 4.74 Å². The van der Waals surface area contributed by atoms with E-state index in [1.54, 1.807) is 14.2 Å². The van der Waals surface area contributed by atoms with Crippen LogP contribution in [-0.2, 0) is 9.47 Å². The number of methoxy groups -OCH3 is 2. The summed E-state index contributed by atoms with van der Waals surface area (Å²) in [4.78, 5) is 4.39. The Labute approximate surface area is 113 Å². The lowest BCUT2D eigenvalue weighted by molar-refractivity contribution is -0.121. The summed E-state index contributed by atoms with van der Waals surface area (Å²) in [6.45, 7) is 4.65. The predicted octanol–water partition coefficient (Wildman–Crippen LogP) is 2.46. The van der Waals surface area contributed by atoms with Crippen LogP contribution in [0.15, 0.2) is 24.5 Å². The number of hydrogen-bond donors (Lipinski definition) is 0. The molecular weight excluding hydrogens is 244 g/mol. The van der Waals surface area contributed by atoms with E-state index in [4.69, 9.17) is 14.2 Å². The van der Waals surface area contributed by atoms with Crippen LogP contribution in [0.4, 0.5) is 0 Å². The molecule has 0 amide bonds. The van der Waals surface area contributed by atoms with Gasteiger partial charge < -0.3 is 18.6 Å². The third-order valence-electron chi connectivity index (χ3n) is 3.02. The molecule has 0 radical (unpaired) electrons. The molecule has 2 aromatic heterocycles. The lowest BCUT2D eigenvalue weighted by atomic mass is 10.1. The van der Waals surface area contributed by atoms with Crippen LogP contribution >= 0.6 is 0 Å². The van der Waals surface area contributed by atoms with Crippen molar-refractivity contribution in [1.82, 2.24) is 9.38 Å². The second-order valence-electron chi connectivity index (χ2n) is 4.64. The van der Waals surface area contributed by atoms with Gasteiger partial charge in [0, 0.05) is 38.4 Å². The van der Waals surface area contributed by atoms with Crippen LogP contribution in [0.3, 0.4) is 0 Å². The highest BCUT2D eigenvalue weighted by Gasteiger charge is 2.09. The quantitative estimate of drug-likeness (QED) is 0.752. The zero-order valence-corrected chi connectivity index (χ0v) is 11.8. The highest BCUT2D eigenvalue weighted by atomic mass is 16.7. The molecule has 2 aromatic rings. The number of pyridine rings is 1. The van der Waals surface area contributed by atoms with Crippen molar-refractivity contribution in [3.8, 4) is 5.75 Å². The number of aromatic nitrogens is 2. The molecule has 2 heterocycles. The molecule has 0 bridgehead atoms. The molecule has 0 aliphatic rings. The standard InChI is InChI=1S/C14H20N2O3/c1-10(2)12-8-15-13-7-11(5-6-16(12)13)19-9-14(17-3)18-4/h5-8,10,14H,9H2,1-4H3. The highest BCUT2D eigenvalue weighted by molar-refractivity contribution is 5.46. The van der Waals surface area contributed by atoms with Crippen LogP contribution in [-0.4, -0.2) is 36.5 Å². The highest BCUT2D eigenvalue weighted by Crippen LogP contribution is 2.20. The van der Waals surface area contributed by atoms with Gasteiger partial charge in [0.05, 0.1) is 0 Å². The van der Waals surface area contributed by atoms with Gasteiger partial charge in [-0.05, 0) is 12.0 Å². The van der Waals surface area contributed by atoms with Crippen molar-refractivity contribution in [3.63, 3.8) is 0 Å². The average molecular weight is 264 g/mol. The Balaban J connectivity index is 2.14. The molecule has 5 nitrogen and oxygen atoms in total. The van der Waals surface area contributed by atoms with E-state index in [2.05, 4.69) is 23.2 Å². The maximum absolute atomic E-state index is 5.62. The van der Waals surface area contributed by atoms with Crippen molar-refractivity contribution >= 4 is 5.65 Å². The van der Waals surface area contributed by atoms with Gasteiger partial charge in [-0.2, -0.15) is 0 Å². The van der Waals surface area contributed by atoms with E-state index in [0.717, 1.165) is 11.4 Å². The summed E-state index contributed by atoms with van der Waals surface area (Å²) in [6, 6.07) is 3.83. The molecule has 0 unspecified atom stereocenters. The van der Waals surface area contributed by atoms with E-state index >= 15 is 0 Å². The van der Waals surface area contributed by atoms with E-state index in [1.807, 2.05) is 24.5 Å². The first-order chi connectivity index (χ1) is 9.15. The molecule has 0 N–H and O–H groups in total. The first-order valence-corrected chi connectivity index (χ1v) is 6.31. The molecule has 19 heavy (non-hydrogen) atoms. The molecule has 0 atom stereocenters. The van der Waals surface area contributed by atoms with Crippen LogP contribution in [0, 0.1) is 0 Å². The number of fused-ring (bicyclic) bond motifs is 1. The van der Waals surface area contributed by atoms with E-state index in [-0.39, 0.29) is 6.29 Å². The van der Waals surface area contributed by atoms with Crippen molar-refractivity contribution in [2.24, 2.45) is 0 Å². The third-order valence-corrected chi connectivity index (χ3v) is 3.02. The van der Waals surface area contributed by atoms with Crippen LogP contribution in [0.1, 0.15) is 25.5 Å². The average Bonchev–Trinajstić information content (AvgIpc) is 2.83. The number of rotatable bonds is 6. The first-order valence-electron chi connectivity index (χ1n) is 6.31. The SMILES string of the molecule is COC(COc1ccn2c(C(C)C)cnc2c1)OC. The van der Waals surface area contributed by atoms with Crippen molar-refractivity contribution in [3.05, 3.63) is 30.2 Å². The molecular formula is C14H20N2O3. The number of nitrogens with zero attached hydrogens (tertiary/aromatic N) is 2. The van der Waals surface area contributed by atoms with Gasteiger partial charge >= 0.3 is 0 Å². The maximum Gasteiger partial charge on any atom is 0.191 e. The monoisotopic (exact) mass is 264 g/mol. The van der Waals surface area contributed by atoms with Gasteiger partial charge in [-0.25, -0.2) is 4.98 Å². The molecule has 0 fully saturated rings. The summed E-state index contributed by atoms with van der Waals surface area (Å²) in [5, 5.41) is 0. The Bertz CT molecular complexity index is 532. The number of ether oxygens (including phenoxy) is 3. The van der Waals surface area contributed by atoms with E-state index in [9.17, 15) is 0 Å². The summed E-state index contributed by atoms with van der Waals surface area (Å²) in [5.41, 5.74) is 2.07. The first kappa shape index (κ1) is 13.8. The van der Waals surface area contributed by atoms with Gasteiger partial charge in [-0.3, -0.25) is 0 Å². The Morgan fingerprint density at radius 1 is 1.26 bits per heavy atom. The van der Waals surface area contributed by atoms with Crippen molar-refractivity contribution in [2.75, 3.05) is 20.8 Å². The van der Waals surface area contributed by atoms with E-state index in [0.29, 0.717) is 12.5 Å². The normalized spacial score (nSPS) is 11.7. The third kappa shape index (κ3) is 3.05. The Morgan fingerprint density at radius 2 is 2.00 bits per heavy atom. The Hall–Kier alpha value is -1.59. The fourth-order valence-corrected chi connectivity index (χ4v) is 1.90. The molecule has 104 valence electrons. The lowest BCUT2D eigenvalue weighted by Gasteiger charge is -2.14. The molecule has 0 saturated carbocycles.